The van der Waals surface area contributed by atoms with Crippen LogP contribution in [0.5, 0.6) is 0 Å². The lowest BCUT2D eigenvalue weighted by atomic mass is 10.0. The van der Waals surface area contributed by atoms with Gasteiger partial charge in [0.2, 0.25) is 11.8 Å². The predicted molar refractivity (Wildman–Crippen MR) is 122 cm³/mol. The third kappa shape index (κ3) is 5.84. The summed E-state index contributed by atoms with van der Waals surface area (Å²) in [5, 5.41) is 30.6. The van der Waals surface area contributed by atoms with Crippen molar-refractivity contribution >= 4 is 41.8 Å². The van der Waals surface area contributed by atoms with E-state index in [1.165, 1.54) is 51.2 Å². The van der Waals surface area contributed by atoms with Gasteiger partial charge in [-0.3, -0.25) is 24.1 Å². The maximum atomic E-state index is 13.2. The van der Waals surface area contributed by atoms with Crippen molar-refractivity contribution in [3.05, 3.63) is 41.1 Å². The number of nitriles is 1. The van der Waals surface area contributed by atoms with Gasteiger partial charge in [0.05, 0.1) is 18.1 Å². The molecular weight excluding hydrogens is 474 g/mol. The van der Waals surface area contributed by atoms with Crippen molar-refractivity contribution in [1.82, 2.24) is 20.2 Å². The standard InChI is InChI=1S/C23H25N5O8/c1-12(2)19(22(34)35)25-20(32)16(10-18(30)31)27(13(3)29)28-21(33)17(26(4)23(28)36)9-14-5-7-15(11-24)8-6-14/h5-9,12,16,19H,10H2,1-4H3,(H,25,32)(H,30,31)(H,34,35)/t16-,19-/m0/s1. The lowest BCUT2D eigenvalue weighted by Crippen LogP contribution is -2.61. The molecule has 13 heteroatoms. The zero-order valence-electron chi connectivity index (χ0n) is 20.0. The quantitative estimate of drug-likeness (QED) is 0.323. The second-order valence-electron chi connectivity index (χ2n) is 8.27. The second kappa shape index (κ2) is 11.1. The summed E-state index contributed by atoms with van der Waals surface area (Å²) in [6, 6.07) is 3.64. The Morgan fingerprint density at radius 2 is 1.72 bits per heavy atom. The summed E-state index contributed by atoms with van der Waals surface area (Å²) in [6.07, 6.45) is 0.316. The molecule has 0 saturated carbocycles. The minimum absolute atomic E-state index is 0.184. The number of benzene rings is 1. The molecule has 1 aromatic carbocycles. The van der Waals surface area contributed by atoms with Gasteiger partial charge < -0.3 is 15.5 Å². The van der Waals surface area contributed by atoms with Gasteiger partial charge in [0.1, 0.15) is 17.8 Å². The molecule has 0 aromatic heterocycles. The van der Waals surface area contributed by atoms with Crippen LogP contribution in [0.2, 0.25) is 0 Å². The van der Waals surface area contributed by atoms with Crippen LogP contribution in [0.15, 0.2) is 30.0 Å². The molecule has 1 aliphatic rings. The first-order valence-electron chi connectivity index (χ1n) is 10.7. The van der Waals surface area contributed by atoms with Gasteiger partial charge in [-0.1, -0.05) is 26.0 Å². The molecule has 2 rings (SSSR count). The van der Waals surface area contributed by atoms with Crippen molar-refractivity contribution in [2.24, 2.45) is 5.92 Å². The number of carboxylic acid groups (broad SMARTS) is 2. The summed E-state index contributed by atoms with van der Waals surface area (Å²) < 4.78 is 0. The molecule has 0 spiro atoms. The van der Waals surface area contributed by atoms with E-state index in [4.69, 9.17) is 5.26 Å². The van der Waals surface area contributed by atoms with Crippen LogP contribution in [0.1, 0.15) is 38.3 Å². The lowest BCUT2D eigenvalue weighted by molar-refractivity contribution is -0.164. The minimum Gasteiger partial charge on any atom is -0.481 e. The second-order valence-corrected chi connectivity index (χ2v) is 8.27. The van der Waals surface area contributed by atoms with Gasteiger partial charge in [0.15, 0.2) is 0 Å². The van der Waals surface area contributed by atoms with Crippen LogP contribution in [-0.2, 0) is 24.0 Å². The van der Waals surface area contributed by atoms with Crippen LogP contribution in [0.25, 0.3) is 6.08 Å². The first-order valence-corrected chi connectivity index (χ1v) is 10.7. The van der Waals surface area contributed by atoms with Crippen molar-refractivity contribution < 1.29 is 39.0 Å². The van der Waals surface area contributed by atoms with Crippen LogP contribution < -0.4 is 5.32 Å². The topological polar surface area (TPSA) is 188 Å². The smallest absolute Gasteiger partial charge is 0.350 e. The van der Waals surface area contributed by atoms with E-state index < -0.39 is 60.1 Å². The third-order valence-electron chi connectivity index (χ3n) is 5.32. The number of nitrogens with zero attached hydrogens (tertiary/aromatic N) is 4. The highest BCUT2D eigenvalue weighted by Crippen LogP contribution is 2.26. The van der Waals surface area contributed by atoms with E-state index in [1.807, 2.05) is 6.07 Å². The van der Waals surface area contributed by atoms with E-state index in [1.54, 1.807) is 0 Å². The first-order chi connectivity index (χ1) is 16.8. The highest BCUT2D eigenvalue weighted by Gasteiger charge is 2.48. The molecule has 5 amide bonds. The van der Waals surface area contributed by atoms with Crippen LogP contribution in [0, 0.1) is 17.2 Å². The Labute approximate surface area is 206 Å². The average molecular weight is 499 g/mol. The maximum Gasteiger partial charge on any atom is 0.350 e. The fraction of sp³-hybridized carbons (Fsp3) is 0.348. The molecule has 0 bridgehead atoms. The third-order valence-corrected chi connectivity index (χ3v) is 5.32. The molecular formula is C23H25N5O8. The van der Waals surface area contributed by atoms with Crippen LogP contribution in [0.3, 0.4) is 0 Å². The Morgan fingerprint density at radius 1 is 1.14 bits per heavy atom. The van der Waals surface area contributed by atoms with Crippen molar-refractivity contribution in [3.63, 3.8) is 0 Å². The highest BCUT2D eigenvalue weighted by molar-refractivity contribution is 6.14. The van der Waals surface area contributed by atoms with Gasteiger partial charge in [-0.2, -0.15) is 10.3 Å². The van der Waals surface area contributed by atoms with Crippen molar-refractivity contribution in [2.45, 2.75) is 39.3 Å². The summed E-state index contributed by atoms with van der Waals surface area (Å²) in [5.41, 5.74) is 0.637. The number of urea groups is 1. The van der Waals surface area contributed by atoms with Crippen LogP contribution in [0.4, 0.5) is 4.79 Å². The molecule has 2 atom stereocenters. The van der Waals surface area contributed by atoms with E-state index in [0.29, 0.717) is 21.1 Å². The summed E-state index contributed by atoms with van der Waals surface area (Å²) in [7, 11) is 1.25. The van der Waals surface area contributed by atoms with Gasteiger partial charge >= 0.3 is 18.0 Å². The number of hydrogen-bond donors (Lipinski definition) is 3. The van der Waals surface area contributed by atoms with E-state index >= 15 is 0 Å². The molecule has 1 saturated heterocycles. The lowest BCUT2D eigenvalue weighted by Gasteiger charge is -2.34. The van der Waals surface area contributed by atoms with E-state index in [9.17, 15) is 39.0 Å². The van der Waals surface area contributed by atoms with Crippen LogP contribution in [-0.4, -0.2) is 80.0 Å². The summed E-state index contributed by atoms with van der Waals surface area (Å²) in [6.45, 7) is 3.95. The highest BCUT2D eigenvalue weighted by atomic mass is 16.4. The molecule has 1 aromatic rings. The predicted octanol–water partition coefficient (Wildman–Crippen LogP) is 0.625. The zero-order chi connectivity index (χ0) is 27.3. The van der Waals surface area contributed by atoms with Crippen molar-refractivity contribution in [1.29, 1.82) is 5.26 Å². The van der Waals surface area contributed by atoms with Crippen LogP contribution >= 0.6 is 0 Å². The van der Waals surface area contributed by atoms with E-state index in [2.05, 4.69) is 5.32 Å². The number of amides is 5. The molecule has 0 radical (unpaired) electrons. The largest absolute Gasteiger partial charge is 0.481 e. The first kappa shape index (κ1) is 27.5. The molecule has 36 heavy (non-hydrogen) atoms. The molecule has 0 unspecified atom stereocenters. The van der Waals surface area contributed by atoms with Gasteiger partial charge in [-0.25, -0.2) is 14.6 Å². The monoisotopic (exact) mass is 499 g/mol. The van der Waals surface area contributed by atoms with Gasteiger partial charge in [0, 0.05) is 14.0 Å². The molecule has 0 aliphatic carbocycles. The van der Waals surface area contributed by atoms with Crippen molar-refractivity contribution in [2.75, 3.05) is 7.05 Å². The Balaban J connectivity index is 2.50. The summed E-state index contributed by atoms with van der Waals surface area (Å²) in [4.78, 5) is 75.7. The Hall–Kier alpha value is -4.73. The Bertz CT molecular complexity index is 1170. The normalized spacial score (nSPS) is 16.1. The maximum absolute atomic E-state index is 13.2. The number of rotatable bonds is 9. The molecule has 1 aliphatic heterocycles. The molecule has 13 nitrogen and oxygen atoms in total. The summed E-state index contributed by atoms with van der Waals surface area (Å²) in [5.74, 6) is -6.68. The number of hydrazine groups is 1. The molecule has 3 N–H and O–H groups in total. The number of carbonyl (C=O) groups is 6. The Morgan fingerprint density at radius 3 is 2.17 bits per heavy atom. The average Bonchev–Trinajstić information content (AvgIpc) is 3.00. The van der Waals surface area contributed by atoms with Gasteiger partial charge in [-0.05, 0) is 29.7 Å². The van der Waals surface area contributed by atoms with Gasteiger partial charge in [-0.15, -0.1) is 0 Å². The van der Waals surface area contributed by atoms with Crippen molar-refractivity contribution in [3.8, 4) is 6.07 Å². The molecule has 1 heterocycles. The number of imide groups is 1. The summed E-state index contributed by atoms with van der Waals surface area (Å²) >= 11 is 0. The Kier molecular flexibility index (Phi) is 8.51. The minimum atomic E-state index is -1.91. The number of carboxylic acids is 2. The van der Waals surface area contributed by atoms with E-state index in [0.717, 1.165) is 11.8 Å². The van der Waals surface area contributed by atoms with E-state index in [-0.39, 0.29) is 5.70 Å². The number of hydrogen-bond acceptors (Lipinski definition) is 7. The molecule has 190 valence electrons. The van der Waals surface area contributed by atoms with Gasteiger partial charge in [0.25, 0.3) is 5.91 Å². The number of carbonyl (C=O) groups excluding carboxylic acids is 4. The number of likely N-dealkylation sites (N-methyl/N-ethyl adjacent to an activating group) is 1. The zero-order valence-corrected chi connectivity index (χ0v) is 20.0. The molecule has 1 fully saturated rings. The fourth-order valence-electron chi connectivity index (χ4n) is 3.46. The SMILES string of the molecule is CC(=O)N([C@@H](CC(=O)O)C(=O)N[C@H](C(=O)O)C(C)C)N1C(=O)C(=Cc2ccc(C#N)cc2)N(C)C1=O. The number of aliphatic carboxylic acids is 2. The fourth-order valence-corrected chi connectivity index (χ4v) is 3.46. The number of nitrogens with one attached hydrogen (secondary N) is 1.